The molecule has 0 spiro atoms. The van der Waals surface area contributed by atoms with Gasteiger partial charge in [0.05, 0.1) is 22.3 Å². The van der Waals surface area contributed by atoms with Crippen LogP contribution in [0.4, 0.5) is 0 Å². The van der Waals surface area contributed by atoms with E-state index in [1.165, 1.54) is 5.56 Å². The van der Waals surface area contributed by atoms with Crippen molar-refractivity contribution in [1.82, 2.24) is 14.5 Å². The van der Waals surface area contributed by atoms with Crippen molar-refractivity contribution in [3.8, 4) is 67.5 Å². The number of aromatic nitrogens is 3. The second-order valence-corrected chi connectivity index (χ2v) is 21.6. The maximum absolute atomic E-state index is 12.6. The summed E-state index contributed by atoms with van der Waals surface area (Å²) in [5, 5.41) is 16.8. The van der Waals surface area contributed by atoms with Gasteiger partial charge in [-0.25, -0.2) is 4.98 Å². The molecule has 0 unspecified atom stereocenters. The molecule has 0 saturated carbocycles. The predicted molar refractivity (Wildman–Crippen MR) is 287 cm³/mol. The van der Waals surface area contributed by atoms with Crippen LogP contribution in [-0.4, -0.2) is 19.6 Å². The van der Waals surface area contributed by atoms with Gasteiger partial charge in [0, 0.05) is 60.2 Å². The van der Waals surface area contributed by atoms with Crippen molar-refractivity contribution in [2.75, 3.05) is 0 Å². The van der Waals surface area contributed by atoms with Crippen molar-refractivity contribution >= 4 is 43.7 Å². The summed E-state index contributed by atoms with van der Waals surface area (Å²) in [5.41, 5.74) is 15.3. The average molecular weight is 1090 g/mol. The van der Waals surface area contributed by atoms with E-state index in [0.717, 1.165) is 105 Å². The van der Waals surface area contributed by atoms with E-state index in [1.807, 2.05) is 18.3 Å². The summed E-state index contributed by atoms with van der Waals surface area (Å²) in [7, 11) is 0. The van der Waals surface area contributed by atoms with Gasteiger partial charge in [-0.1, -0.05) is 200 Å². The number of imidazole rings is 1. The zero-order chi connectivity index (χ0) is 48.0. The summed E-state index contributed by atoms with van der Waals surface area (Å²) >= 11 is 0. The second kappa shape index (κ2) is 17.4. The molecule has 0 aliphatic carbocycles. The molecule has 0 atom stereocenters. The summed E-state index contributed by atoms with van der Waals surface area (Å²) in [5.74, 6) is 0.899. The summed E-state index contributed by atoms with van der Waals surface area (Å²) in [6.07, 6.45) is 1.83. The van der Waals surface area contributed by atoms with Crippen molar-refractivity contribution < 1.29 is 30.6 Å². The molecule has 0 aliphatic rings. The number of hydrogen-bond acceptors (Lipinski definition) is 4. The SMILES string of the molecule is CC(C)(C)c1ccc(-n2c(-c3cc(C(C)(C)C)cc(C(C)(C)C)c3O)nc3c(-c4[c-]c(-c5nccc6oc7c8ccccc8ccc7c56)cc(-c5ccccc5)c4)cccc32)c(-c2ccccc2)c1.[Pt]. The van der Waals surface area contributed by atoms with Crippen LogP contribution in [0.15, 0.2) is 174 Å². The van der Waals surface area contributed by atoms with Crippen LogP contribution >= 0.6 is 0 Å². The molecule has 1 N–H and O–H groups in total. The van der Waals surface area contributed by atoms with Gasteiger partial charge in [-0.15, -0.1) is 23.8 Å². The largest absolute Gasteiger partial charge is 0.507 e. The monoisotopic (exact) mass is 1090 g/mol. The van der Waals surface area contributed by atoms with Crippen LogP contribution in [0.3, 0.4) is 0 Å². The molecule has 0 fully saturated rings. The Balaban J connectivity index is 0.00000567. The fourth-order valence-corrected chi connectivity index (χ4v) is 9.89. The van der Waals surface area contributed by atoms with Gasteiger partial charge in [0.1, 0.15) is 22.7 Å². The van der Waals surface area contributed by atoms with E-state index in [2.05, 4.69) is 225 Å². The molecule has 11 rings (SSSR count). The zero-order valence-electron chi connectivity index (χ0n) is 41.2. The molecule has 5 nitrogen and oxygen atoms in total. The number of rotatable bonds is 6. The van der Waals surface area contributed by atoms with Gasteiger partial charge in [-0.3, -0.25) is 9.55 Å². The van der Waals surface area contributed by atoms with Crippen molar-refractivity contribution in [3.63, 3.8) is 0 Å². The minimum Gasteiger partial charge on any atom is -0.507 e. The minimum absolute atomic E-state index is 0. The smallest absolute Gasteiger partial charge is 0.148 e. The Morgan fingerprint density at radius 2 is 1.21 bits per heavy atom. The molecule has 0 amide bonds. The molecule has 3 aromatic heterocycles. The third-order valence-electron chi connectivity index (χ3n) is 13.7. The number of phenols is 1. The van der Waals surface area contributed by atoms with E-state index >= 15 is 0 Å². The van der Waals surface area contributed by atoms with E-state index < -0.39 is 0 Å². The summed E-state index contributed by atoms with van der Waals surface area (Å²) < 4.78 is 8.94. The van der Waals surface area contributed by atoms with E-state index in [1.54, 1.807) is 0 Å². The number of phenolic OH excluding ortho intramolecular Hbond substituents is 1. The molecule has 70 heavy (non-hydrogen) atoms. The maximum Gasteiger partial charge on any atom is 0.148 e. The third kappa shape index (κ3) is 8.14. The molecule has 6 heteroatoms. The number of fused-ring (bicyclic) bond motifs is 6. The van der Waals surface area contributed by atoms with Crippen LogP contribution < -0.4 is 0 Å². The molecule has 0 bridgehead atoms. The standard InChI is InChI=1S/C64H56N3O2.Pt/c1-62(2,3)45-28-30-53(50(36-45)40-21-14-11-15-22-40)67-54-26-18-25-47(58(54)66-61(67)51-37-46(63(4,5)6)38-52(59(51)68)64(7,8)9)43-33-42(39-19-12-10-13-20-39)34-44(35-43)57-56-49-29-27-41-23-16-17-24-48(41)60(49)69-55(56)31-32-65-57;/h10-34,36-38,68H,1-9H3;/q-1;. The minimum atomic E-state index is -0.348. The van der Waals surface area contributed by atoms with Crippen LogP contribution in [0.5, 0.6) is 5.75 Å². The topological polar surface area (TPSA) is 64.1 Å². The van der Waals surface area contributed by atoms with Gasteiger partial charge >= 0.3 is 0 Å². The Morgan fingerprint density at radius 3 is 1.93 bits per heavy atom. The van der Waals surface area contributed by atoms with Crippen LogP contribution in [0.25, 0.3) is 105 Å². The van der Waals surface area contributed by atoms with E-state index in [4.69, 9.17) is 14.4 Å². The molecule has 0 radical (unpaired) electrons. The van der Waals surface area contributed by atoms with E-state index in [0.29, 0.717) is 11.4 Å². The third-order valence-corrected chi connectivity index (χ3v) is 13.7. The molecule has 0 aliphatic heterocycles. The van der Waals surface area contributed by atoms with Gasteiger partial charge in [0.25, 0.3) is 0 Å². The number of furan rings is 1. The van der Waals surface area contributed by atoms with Crippen LogP contribution in [0.2, 0.25) is 0 Å². The fraction of sp³-hybridized carbons (Fsp3) is 0.188. The van der Waals surface area contributed by atoms with E-state index in [-0.39, 0.29) is 43.1 Å². The van der Waals surface area contributed by atoms with Gasteiger partial charge in [0.15, 0.2) is 0 Å². The average Bonchev–Trinajstić information content (AvgIpc) is 3.93. The number of aromatic hydroxyl groups is 1. The first kappa shape index (κ1) is 46.6. The number of para-hydroxylation sites is 1. The summed E-state index contributed by atoms with van der Waals surface area (Å²) in [6.45, 7) is 19.9. The Kier molecular flexibility index (Phi) is 11.6. The van der Waals surface area contributed by atoms with Crippen LogP contribution in [0, 0.1) is 6.07 Å². The molecule has 0 saturated heterocycles. The first-order chi connectivity index (χ1) is 33.0. The number of benzene rings is 8. The molecular weight excluding hydrogens is 1040 g/mol. The van der Waals surface area contributed by atoms with Crippen molar-refractivity contribution in [1.29, 1.82) is 0 Å². The van der Waals surface area contributed by atoms with Gasteiger partial charge < -0.3 is 9.52 Å². The normalized spacial score (nSPS) is 12.3. The first-order valence-corrected chi connectivity index (χ1v) is 24.0. The summed E-state index contributed by atoms with van der Waals surface area (Å²) in [4.78, 5) is 10.8. The molecule has 350 valence electrons. The van der Waals surface area contributed by atoms with Crippen molar-refractivity contribution in [2.45, 2.75) is 78.6 Å². The predicted octanol–water partition coefficient (Wildman–Crippen LogP) is 17.2. The summed E-state index contributed by atoms with van der Waals surface area (Å²) in [6, 6.07) is 61.6. The van der Waals surface area contributed by atoms with Crippen LogP contribution in [-0.2, 0) is 37.3 Å². The Morgan fingerprint density at radius 1 is 0.543 bits per heavy atom. The Bertz CT molecular complexity index is 3790. The van der Waals surface area contributed by atoms with E-state index in [9.17, 15) is 5.11 Å². The van der Waals surface area contributed by atoms with Gasteiger partial charge in [-0.2, -0.15) is 0 Å². The second-order valence-electron chi connectivity index (χ2n) is 21.6. The Labute approximate surface area is 425 Å². The van der Waals surface area contributed by atoms with Gasteiger partial charge in [-0.05, 0) is 74.2 Å². The number of pyridine rings is 1. The molecule has 11 aromatic rings. The van der Waals surface area contributed by atoms with Gasteiger partial charge in [0.2, 0.25) is 0 Å². The fourth-order valence-electron chi connectivity index (χ4n) is 9.89. The zero-order valence-corrected chi connectivity index (χ0v) is 43.5. The molecular formula is C64H56N3O2Pt-. The van der Waals surface area contributed by atoms with Crippen LogP contribution in [0.1, 0.15) is 79.0 Å². The quantitative estimate of drug-likeness (QED) is 0.169. The number of nitrogens with zero attached hydrogens (tertiary/aromatic N) is 3. The van der Waals surface area contributed by atoms with Crippen molar-refractivity contribution in [3.05, 3.63) is 193 Å². The molecule has 8 aromatic carbocycles. The Hall–Kier alpha value is -7.07. The van der Waals surface area contributed by atoms with Crippen molar-refractivity contribution in [2.24, 2.45) is 0 Å². The number of hydrogen-bond donors (Lipinski definition) is 1. The first-order valence-electron chi connectivity index (χ1n) is 24.0. The molecule has 3 heterocycles. The maximum atomic E-state index is 12.6.